The summed E-state index contributed by atoms with van der Waals surface area (Å²) >= 11 is 0. The minimum absolute atomic E-state index is 0.205. The van der Waals surface area contributed by atoms with Crippen molar-refractivity contribution in [2.75, 3.05) is 0 Å². The summed E-state index contributed by atoms with van der Waals surface area (Å²) in [4.78, 5) is 0. The fourth-order valence-electron chi connectivity index (χ4n) is 5.80. The predicted molar refractivity (Wildman–Crippen MR) is 81.5 cm³/mol. The lowest BCUT2D eigenvalue weighted by molar-refractivity contribution is -0.122. The molecule has 0 heterocycles. The highest BCUT2D eigenvalue weighted by Crippen LogP contribution is 2.64. The Morgan fingerprint density at radius 3 is 2.00 bits per heavy atom. The Hall–Kier alpha value is -0.820. The molecule has 1 heteroatoms. The zero-order valence-electron chi connectivity index (χ0n) is 12.7. The zero-order chi connectivity index (χ0) is 13.9. The van der Waals surface area contributed by atoms with Gasteiger partial charge in [0, 0.05) is 5.41 Å². The van der Waals surface area contributed by atoms with E-state index < -0.39 is 0 Å². The molecule has 4 saturated carbocycles. The minimum atomic E-state index is -0.241. The maximum absolute atomic E-state index is 11.1. The fourth-order valence-corrected chi connectivity index (χ4v) is 5.80. The third kappa shape index (κ3) is 1.86. The van der Waals surface area contributed by atoms with Gasteiger partial charge in [-0.05, 0) is 86.8 Å². The van der Waals surface area contributed by atoms with Crippen LogP contribution in [0.3, 0.4) is 0 Å². The molecule has 1 N–H and O–H groups in total. The van der Waals surface area contributed by atoms with Gasteiger partial charge in [-0.1, -0.05) is 18.2 Å². The van der Waals surface area contributed by atoms with Gasteiger partial charge < -0.3 is 5.11 Å². The maximum Gasteiger partial charge on any atom is 0.0846 e. The van der Waals surface area contributed by atoms with E-state index in [0.717, 1.165) is 23.3 Å². The summed E-state index contributed by atoms with van der Waals surface area (Å²) in [5.74, 6) is 2.72. The Morgan fingerprint density at radius 2 is 1.50 bits per heavy atom. The molecule has 0 aliphatic heterocycles. The summed E-state index contributed by atoms with van der Waals surface area (Å²) in [7, 11) is 0. The molecule has 1 atom stereocenters. The van der Waals surface area contributed by atoms with Gasteiger partial charge in [0.15, 0.2) is 0 Å². The molecular weight excluding hydrogens is 244 g/mol. The summed E-state index contributed by atoms with van der Waals surface area (Å²) in [6.45, 7) is 4.31. The lowest BCUT2D eigenvalue weighted by atomic mass is 9.47. The van der Waals surface area contributed by atoms with Crippen LogP contribution >= 0.6 is 0 Å². The highest BCUT2D eigenvalue weighted by atomic mass is 16.3. The van der Waals surface area contributed by atoms with E-state index in [9.17, 15) is 5.11 Å². The molecule has 1 unspecified atom stereocenters. The molecule has 0 aromatic heterocycles. The first-order valence-electron chi connectivity index (χ1n) is 8.31. The van der Waals surface area contributed by atoms with Crippen molar-refractivity contribution in [3.05, 3.63) is 34.9 Å². The Balaban J connectivity index is 1.67. The van der Waals surface area contributed by atoms with Crippen molar-refractivity contribution in [2.45, 2.75) is 58.5 Å². The Labute approximate surface area is 122 Å². The van der Waals surface area contributed by atoms with E-state index in [-0.39, 0.29) is 11.5 Å². The lowest BCUT2D eigenvalue weighted by Gasteiger charge is -2.58. The molecule has 20 heavy (non-hydrogen) atoms. The van der Waals surface area contributed by atoms with Gasteiger partial charge in [-0.25, -0.2) is 0 Å². The van der Waals surface area contributed by atoms with Crippen molar-refractivity contribution in [1.82, 2.24) is 0 Å². The Bertz CT molecular complexity index is 495. The molecule has 4 aliphatic rings. The molecule has 0 amide bonds. The van der Waals surface area contributed by atoms with Crippen LogP contribution in [0.5, 0.6) is 0 Å². The van der Waals surface area contributed by atoms with Gasteiger partial charge in [-0.15, -0.1) is 0 Å². The van der Waals surface area contributed by atoms with E-state index in [1.165, 1.54) is 49.7 Å². The topological polar surface area (TPSA) is 20.2 Å². The molecule has 0 radical (unpaired) electrons. The Morgan fingerprint density at radius 1 is 0.950 bits per heavy atom. The average Bonchev–Trinajstić information content (AvgIpc) is 2.39. The second-order valence-corrected chi connectivity index (χ2v) is 8.03. The van der Waals surface area contributed by atoms with E-state index in [1.54, 1.807) is 0 Å². The van der Waals surface area contributed by atoms with E-state index in [2.05, 4.69) is 32.0 Å². The zero-order valence-corrected chi connectivity index (χ0v) is 12.7. The summed E-state index contributed by atoms with van der Waals surface area (Å²) in [5.41, 5.74) is 4.00. The third-order valence-corrected chi connectivity index (χ3v) is 6.51. The van der Waals surface area contributed by atoms with E-state index in [1.807, 2.05) is 0 Å². The summed E-state index contributed by atoms with van der Waals surface area (Å²) in [6, 6.07) is 6.55. The number of benzene rings is 1. The normalized spacial score (nSPS) is 40.0. The van der Waals surface area contributed by atoms with E-state index >= 15 is 0 Å². The first-order chi connectivity index (χ1) is 9.56. The van der Waals surface area contributed by atoms with Crippen LogP contribution in [-0.2, 0) is 0 Å². The van der Waals surface area contributed by atoms with Crippen molar-refractivity contribution in [3.8, 4) is 0 Å². The third-order valence-electron chi connectivity index (χ3n) is 6.51. The summed E-state index contributed by atoms with van der Waals surface area (Å²) in [5, 5.41) is 11.1. The van der Waals surface area contributed by atoms with Gasteiger partial charge in [0.25, 0.3) is 0 Å². The lowest BCUT2D eigenvalue weighted by Crippen LogP contribution is -2.48. The summed E-state index contributed by atoms with van der Waals surface area (Å²) < 4.78 is 0. The summed E-state index contributed by atoms with van der Waals surface area (Å²) in [6.07, 6.45) is 7.90. The van der Waals surface area contributed by atoms with Crippen LogP contribution < -0.4 is 0 Å². The largest absolute Gasteiger partial charge is 0.388 e. The van der Waals surface area contributed by atoms with Gasteiger partial charge in [-0.2, -0.15) is 0 Å². The second kappa shape index (κ2) is 4.34. The molecule has 4 fully saturated rings. The van der Waals surface area contributed by atoms with Gasteiger partial charge in [0.1, 0.15) is 0 Å². The molecule has 1 aromatic rings. The molecule has 0 spiro atoms. The highest BCUT2D eigenvalue weighted by molar-refractivity contribution is 5.32. The first kappa shape index (κ1) is 12.9. The van der Waals surface area contributed by atoms with Crippen molar-refractivity contribution in [1.29, 1.82) is 0 Å². The SMILES string of the molecule is Cc1ccc(C(O)C23CC4CC(CC(C4)C2)C3)cc1C. The second-order valence-electron chi connectivity index (χ2n) is 8.03. The van der Waals surface area contributed by atoms with Crippen LogP contribution in [0, 0.1) is 37.0 Å². The van der Waals surface area contributed by atoms with Crippen LogP contribution in [-0.4, -0.2) is 5.11 Å². The van der Waals surface area contributed by atoms with Crippen LogP contribution in [0.2, 0.25) is 0 Å². The van der Waals surface area contributed by atoms with Crippen molar-refractivity contribution >= 4 is 0 Å². The monoisotopic (exact) mass is 270 g/mol. The smallest absolute Gasteiger partial charge is 0.0846 e. The maximum atomic E-state index is 11.1. The Kier molecular flexibility index (Phi) is 2.79. The molecule has 0 saturated heterocycles. The van der Waals surface area contributed by atoms with Crippen molar-refractivity contribution in [2.24, 2.45) is 23.2 Å². The van der Waals surface area contributed by atoms with Gasteiger partial charge >= 0.3 is 0 Å². The van der Waals surface area contributed by atoms with Gasteiger partial charge in [-0.3, -0.25) is 0 Å². The van der Waals surface area contributed by atoms with Crippen LogP contribution in [0.15, 0.2) is 18.2 Å². The number of rotatable bonds is 2. The number of aliphatic hydroxyl groups is 1. The fraction of sp³-hybridized carbons (Fsp3) is 0.684. The molecule has 108 valence electrons. The van der Waals surface area contributed by atoms with Gasteiger partial charge in [0.2, 0.25) is 0 Å². The molecule has 1 nitrogen and oxygen atoms in total. The predicted octanol–water partition coefficient (Wildman–Crippen LogP) is 4.55. The number of aryl methyl sites for hydroxylation is 2. The van der Waals surface area contributed by atoms with E-state index in [0.29, 0.717) is 0 Å². The number of hydrogen-bond acceptors (Lipinski definition) is 1. The molecule has 5 rings (SSSR count). The van der Waals surface area contributed by atoms with Crippen LogP contribution in [0.25, 0.3) is 0 Å². The minimum Gasteiger partial charge on any atom is -0.388 e. The standard InChI is InChI=1S/C19H26O/c1-12-3-4-17(5-13(12)2)18(20)19-9-14-6-15(10-19)8-16(7-14)11-19/h3-5,14-16,18,20H,6-11H2,1-2H3. The van der Waals surface area contributed by atoms with Crippen LogP contribution in [0.4, 0.5) is 0 Å². The van der Waals surface area contributed by atoms with Crippen molar-refractivity contribution in [3.63, 3.8) is 0 Å². The van der Waals surface area contributed by atoms with Gasteiger partial charge in [0.05, 0.1) is 6.10 Å². The number of aliphatic hydroxyl groups excluding tert-OH is 1. The average molecular weight is 270 g/mol. The molecule has 1 aromatic carbocycles. The number of hydrogen-bond donors (Lipinski definition) is 1. The molecule has 4 bridgehead atoms. The van der Waals surface area contributed by atoms with Crippen molar-refractivity contribution < 1.29 is 5.11 Å². The quantitative estimate of drug-likeness (QED) is 0.835. The molecule has 4 aliphatic carbocycles. The first-order valence-corrected chi connectivity index (χ1v) is 8.31. The van der Waals surface area contributed by atoms with E-state index in [4.69, 9.17) is 0 Å². The highest BCUT2D eigenvalue weighted by Gasteiger charge is 2.54. The molecular formula is C19H26O. The van der Waals surface area contributed by atoms with Crippen LogP contribution in [0.1, 0.15) is 61.3 Å².